The van der Waals surface area contributed by atoms with E-state index < -0.39 is 0 Å². The van der Waals surface area contributed by atoms with Gasteiger partial charge in [0, 0.05) is 19.3 Å². The Morgan fingerprint density at radius 1 is 0.750 bits per heavy atom. The molecule has 12 heavy (non-hydrogen) atoms. The molecule has 0 aromatic rings. The Bertz CT molecular complexity index is 131. The fourth-order valence-corrected chi connectivity index (χ4v) is 3.33. The van der Waals surface area contributed by atoms with Gasteiger partial charge in [-0.25, -0.2) is 0 Å². The molecule has 0 atom stereocenters. The van der Waals surface area contributed by atoms with Gasteiger partial charge in [0.25, 0.3) is 0 Å². The van der Waals surface area contributed by atoms with Crippen molar-refractivity contribution < 1.29 is 0 Å². The van der Waals surface area contributed by atoms with Gasteiger partial charge in [-0.3, -0.25) is 0 Å². The summed E-state index contributed by atoms with van der Waals surface area (Å²) in [6.45, 7) is 0. The highest BCUT2D eigenvalue weighted by Gasteiger charge is 2.38. The molecule has 1 rings (SSSR count). The Hall–Kier alpha value is 1.92. The normalized spacial score (nSPS) is 43.0. The van der Waals surface area contributed by atoms with Gasteiger partial charge in [0.2, 0.25) is 0 Å². The van der Waals surface area contributed by atoms with E-state index in [0.29, 0.717) is 8.65 Å². The Morgan fingerprint density at radius 3 is 1.17 bits per heavy atom. The van der Waals surface area contributed by atoms with E-state index in [9.17, 15) is 0 Å². The number of hydrogen-bond acceptors (Lipinski definition) is 0. The molecule has 4 heteroatoms. The van der Waals surface area contributed by atoms with E-state index >= 15 is 0 Å². The first-order valence-electron chi connectivity index (χ1n) is 4.03. The van der Waals surface area contributed by atoms with E-state index in [4.69, 9.17) is 0 Å². The molecule has 0 saturated heterocycles. The van der Waals surface area contributed by atoms with Crippen molar-refractivity contribution in [3.05, 3.63) is 0 Å². The standard InChI is InChI=1S/C8H12Br4/c9-5-7(11)1-2-8(12,6-10)4-3-7/h1-6H2. The lowest BCUT2D eigenvalue weighted by Crippen LogP contribution is -2.37. The molecule has 0 N–H and O–H groups in total. The van der Waals surface area contributed by atoms with Gasteiger partial charge >= 0.3 is 0 Å². The maximum atomic E-state index is 3.79. The average molecular weight is 428 g/mol. The van der Waals surface area contributed by atoms with Crippen LogP contribution in [0, 0.1) is 0 Å². The number of halogens is 4. The topological polar surface area (TPSA) is 0 Å². The largest absolute Gasteiger partial charge is 0.0913 e. The van der Waals surface area contributed by atoms with Crippen LogP contribution in [-0.4, -0.2) is 19.3 Å². The van der Waals surface area contributed by atoms with Crippen LogP contribution < -0.4 is 0 Å². The summed E-state index contributed by atoms with van der Waals surface area (Å²) >= 11 is 14.7. The van der Waals surface area contributed by atoms with Crippen molar-refractivity contribution in [3.63, 3.8) is 0 Å². The summed E-state index contributed by atoms with van der Waals surface area (Å²) in [5, 5.41) is 2.12. The maximum Gasteiger partial charge on any atom is 0.0355 e. The second-order valence-electron chi connectivity index (χ2n) is 3.57. The quantitative estimate of drug-likeness (QED) is 0.564. The van der Waals surface area contributed by atoms with E-state index in [0.717, 1.165) is 10.7 Å². The van der Waals surface area contributed by atoms with Gasteiger partial charge in [-0.2, -0.15) is 0 Å². The summed E-state index contributed by atoms with van der Waals surface area (Å²) in [6, 6.07) is 0. The third-order valence-corrected chi connectivity index (χ3v) is 8.32. The first-order valence-corrected chi connectivity index (χ1v) is 7.86. The number of rotatable bonds is 2. The smallest absolute Gasteiger partial charge is 0.0355 e. The van der Waals surface area contributed by atoms with Gasteiger partial charge < -0.3 is 0 Å². The van der Waals surface area contributed by atoms with Crippen molar-refractivity contribution in [2.24, 2.45) is 0 Å². The Kier molecular flexibility index (Phi) is 4.62. The molecule has 0 nitrogen and oxygen atoms in total. The van der Waals surface area contributed by atoms with Crippen LogP contribution in [0.15, 0.2) is 0 Å². The molecule has 0 aliphatic heterocycles. The van der Waals surface area contributed by atoms with Gasteiger partial charge in [0.15, 0.2) is 0 Å². The molecular formula is C8H12Br4. The second kappa shape index (κ2) is 4.63. The Morgan fingerprint density at radius 2 is 1.00 bits per heavy atom. The van der Waals surface area contributed by atoms with Crippen LogP contribution in [0.4, 0.5) is 0 Å². The molecule has 0 aromatic heterocycles. The summed E-state index contributed by atoms with van der Waals surface area (Å²) in [5.74, 6) is 0. The monoisotopic (exact) mass is 424 g/mol. The Balaban J connectivity index is 2.49. The first kappa shape index (κ1) is 12.0. The van der Waals surface area contributed by atoms with Crippen LogP contribution in [0.25, 0.3) is 0 Å². The number of alkyl halides is 4. The van der Waals surface area contributed by atoms with Gasteiger partial charge in [0.05, 0.1) is 0 Å². The molecule has 0 amide bonds. The zero-order valence-electron chi connectivity index (χ0n) is 6.75. The minimum Gasteiger partial charge on any atom is -0.0913 e. The average Bonchev–Trinajstić information content (AvgIpc) is 2.11. The highest BCUT2D eigenvalue weighted by molar-refractivity contribution is 9.12. The zero-order chi connectivity index (χ0) is 9.24. The van der Waals surface area contributed by atoms with Crippen molar-refractivity contribution in [1.29, 1.82) is 0 Å². The predicted molar refractivity (Wildman–Crippen MR) is 69.4 cm³/mol. The van der Waals surface area contributed by atoms with Crippen molar-refractivity contribution in [2.45, 2.75) is 34.3 Å². The minimum atomic E-state index is 0.354. The van der Waals surface area contributed by atoms with Crippen molar-refractivity contribution in [2.75, 3.05) is 10.7 Å². The fraction of sp³-hybridized carbons (Fsp3) is 1.00. The predicted octanol–water partition coefficient (Wildman–Crippen LogP) is 4.62. The SMILES string of the molecule is BrCC1(Br)CCC(Br)(CBr)CC1. The van der Waals surface area contributed by atoms with E-state index in [2.05, 4.69) is 63.7 Å². The lowest BCUT2D eigenvalue weighted by atomic mass is 9.84. The van der Waals surface area contributed by atoms with Gasteiger partial charge in [0.1, 0.15) is 0 Å². The maximum absolute atomic E-state index is 3.79. The molecular weight excluding hydrogens is 416 g/mol. The van der Waals surface area contributed by atoms with E-state index in [1.165, 1.54) is 25.7 Å². The molecule has 0 spiro atoms. The highest BCUT2D eigenvalue weighted by Crippen LogP contribution is 2.45. The fourth-order valence-electron chi connectivity index (χ4n) is 1.41. The summed E-state index contributed by atoms with van der Waals surface area (Å²) in [5.41, 5.74) is 0. The molecule has 0 unspecified atom stereocenters. The second-order valence-corrected chi connectivity index (χ2v) is 8.05. The van der Waals surface area contributed by atoms with Crippen LogP contribution in [0.3, 0.4) is 0 Å². The van der Waals surface area contributed by atoms with Crippen LogP contribution >= 0.6 is 63.7 Å². The molecule has 0 aromatic carbocycles. The van der Waals surface area contributed by atoms with Crippen LogP contribution in [0.1, 0.15) is 25.7 Å². The highest BCUT2D eigenvalue weighted by atomic mass is 79.9. The summed E-state index contributed by atoms with van der Waals surface area (Å²) in [7, 11) is 0. The Labute approximate surface area is 108 Å². The van der Waals surface area contributed by atoms with Crippen molar-refractivity contribution in [1.82, 2.24) is 0 Å². The number of hydrogen-bond donors (Lipinski definition) is 0. The molecule has 0 heterocycles. The van der Waals surface area contributed by atoms with E-state index in [1.54, 1.807) is 0 Å². The van der Waals surface area contributed by atoms with E-state index in [1.807, 2.05) is 0 Å². The lowest BCUT2D eigenvalue weighted by molar-refractivity contribution is 0.385. The summed E-state index contributed by atoms with van der Waals surface area (Å²) in [6.07, 6.45) is 4.98. The third kappa shape index (κ3) is 2.96. The molecule has 1 aliphatic carbocycles. The van der Waals surface area contributed by atoms with Crippen molar-refractivity contribution in [3.8, 4) is 0 Å². The third-order valence-electron chi connectivity index (χ3n) is 2.52. The minimum absolute atomic E-state index is 0.354. The first-order chi connectivity index (χ1) is 5.54. The molecule has 0 radical (unpaired) electrons. The molecule has 1 aliphatic rings. The van der Waals surface area contributed by atoms with Crippen LogP contribution in [-0.2, 0) is 0 Å². The van der Waals surface area contributed by atoms with Crippen molar-refractivity contribution >= 4 is 63.7 Å². The summed E-state index contributed by atoms with van der Waals surface area (Å²) < 4.78 is 0.707. The molecule has 1 fully saturated rings. The molecule has 72 valence electrons. The zero-order valence-corrected chi connectivity index (χ0v) is 13.1. The van der Waals surface area contributed by atoms with Gasteiger partial charge in [-0.15, -0.1) is 0 Å². The van der Waals surface area contributed by atoms with E-state index in [-0.39, 0.29) is 0 Å². The van der Waals surface area contributed by atoms with Crippen LogP contribution in [0.5, 0.6) is 0 Å². The van der Waals surface area contributed by atoms with Gasteiger partial charge in [-0.05, 0) is 25.7 Å². The lowest BCUT2D eigenvalue weighted by Gasteiger charge is -2.39. The van der Waals surface area contributed by atoms with Crippen LogP contribution in [0.2, 0.25) is 0 Å². The van der Waals surface area contributed by atoms with Gasteiger partial charge in [-0.1, -0.05) is 63.7 Å². The molecule has 0 bridgehead atoms. The molecule has 1 saturated carbocycles. The summed E-state index contributed by atoms with van der Waals surface area (Å²) in [4.78, 5) is 0.